The second-order valence-corrected chi connectivity index (χ2v) is 5.24. The van der Waals surface area contributed by atoms with E-state index in [1.54, 1.807) is 0 Å². The smallest absolute Gasteiger partial charge is 0.306 e. The molecule has 104 valence electrons. The summed E-state index contributed by atoms with van der Waals surface area (Å²) >= 11 is 0. The summed E-state index contributed by atoms with van der Waals surface area (Å²) in [6, 6.07) is 7.79. The van der Waals surface area contributed by atoms with Crippen LogP contribution in [0.5, 0.6) is 0 Å². The maximum atomic E-state index is 11.1. The Kier molecular flexibility index (Phi) is 4.93. The van der Waals surface area contributed by atoms with Crippen molar-refractivity contribution in [2.45, 2.75) is 32.4 Å². The molecule has 0 aromatic heterocycles. The van der Waals surface area contributed by atoms with Gasteiger partial charge < -0.3 is 15.5 Å². The van der Waals surface area contributed by atoms with Gasteiger partial charge in [-0.15, -0.1) is 0 Å². The van der Waals surface area contributed by atoms with Gasteiger partial charge in [-0.3, -0.25) is 4.79 Å². The predicted molar refractivity (Wildman–Crippen MR) is 72.5 cm³/mol. The standard InChI is InChI=1S/C15H21NO3/c17-10-12-6-4-11(5-7-12)8-16-9-13-2-1-3-14(13)15(18)19/h4-7,13-14,16-17H,1-3,8-10H2,(H,18,19). The average molecular weight is 263 g/mol. The van der Waals surface area contributed by atoms with Crippen LogP contribution in [0.1, 0.15) is 30.4 Å². The fourth-order valence-electron chi connectivity index (χ4n) is 2.77. The number of carboxylic acid groups (broad SMARTS) is 1. The van der Waals surface area contributed by atoms with Crippen LogP contribution in [0.15, 0.2) is 24.3 Å². The molecule has 4 nitrogen and oxygen atoms in total. The number of aliphatic hydroxyl groups excluding tert-OH is 1. The van der Waals surface area contributed by atoms with Crippen molar-refractivity contribution >= 4 is 5.97 Å². The van der Waals surface area contributed by atoms with Crippen molar-refractivity contribution in [1.29, 1.82) is 0 Å². The molecule has 19 heavy (non-hydrogen) atoms. The minimum atomic E-state index is -0.656. The Morgan fingerprint density at radius 1 is 1.21 bits per heavy atom. The first kappa shape index (κ1) is 14.0. The molecule has 2 rings (SSSR count). The van der Waals surface area contributed by atoms with Gasteiger partial charge in [0.25, 0.3) is 0 Å². The third-order valence-corrected chi connectivity index (χ3v) is 3.92. The third-order valence-electron chi connectivity index (χ3n) is 3.92. The molecule has 0 aliphatic heterocycles. The first-order valence-electron chi connectivity index (χ1n) is 6.83. The molecule has 1 aliphatic rings. The lowest BCUT2D eigenvalue weighted by Gasteiger charge is -2.16. The summed E-state index contributed by atoms with van der Waals surface area (Å²) in [7, 11) is 0. The van der Waals surface area contributed by atoms with Gasteiger partial charge >= 0.3 is 5.97 Å². The highest BCUT2D eigenvalue weighted by atomic mass is 16.4. The van der Waals surface area contributed by atoms with Gasteiger partial charge in [-0.05, 0) is 36.4 Å². The Bertz CT molecular complexity index is 416. The molecule has 4 heteroatoms. The van der Waals surface area contributed by atoms with E-state index in [1.807, 2.05) is 24.3 Å². The van der Waals surface area contributed by atoms with Crippen LogP contribution in [-0.4, -0.2) is 22.7 Å². The van der Waals surface area contributed by atoms with E-state index in [-0.39, 0.29) is 18.4 Å². The minimum Gasteiger partial charge on any atom is -0.481 e. The molecule has 1 aliphatic carbocycles. The van der Waals surface area contributed by atoms with Gasteiger partial charge in [-0.1, -0.05) is 30.7 Å². The molecule has 1 aromatic rings. The van der Waals surface area contributed by atoms with Crippen molar-refractivity contribution in [1.82, 2.24) is 5.32 Å². The number of benzene rings is 1. The molecular formula is C15H21NO3. The first-order chi connectivity index (χ1) is 9.20. The molecule has 1 aromatic carbocycles. The van der Waals surface area contributed by atoms with Crippen LogP contribution in [0, 0.1) is 11.8 Å². The fraction of sp³-hybridized carbons (Fsp3) is 0.533. The highest BCUT2D eigenvalue weighted by Crippen LogP contribution is 2.31. The van der Waals surface area contributed by atoms with Crippen LogP contribution in [0.4, 0.5) is 0 Å². The predicted octanol–water partition coefficient (Wildman–Crippen LogP) is 1.77. The number of hydrogen-bond acceptors (Lipinski definition) is 3. The number of carbonyl (C=O) groups is 1. The largest absolute Gasteiger partial charge is 0.481 e. The number of hydrogen-bond donors (Lipinski definition) is 3. The monoisotopic (exact) mass is 263 g/mol. The maximum absolute atomic E-state index is 11.1. The second-order valence-electron chi connectivity index (χ2n) is 5.24. The van der Waals surface area contributed by atoms with E-state index >= 15 is 0 Å². The molecule has 1 saturated carbocycles. The number of aliphatic hydroxyl groups is 1. The third kappa shape index (κ3) is 3.78. The van der Waals surface area contributed by atoms with Crippen LogP contribution in [0.2, 0.25) is 0 Å². The summed E-state index contributed by atoms with van der Waals surface area (Å²) in [6.07, 6.45) is 2.84. The summed E-state index contributed by atoms with van der Waals surface area (Å²) in [5, 5.41) is 21.4. The van der Waals surface area contributed by atoms with Crippen molar-refractivity contribution < 1.29 is 15.0 Å². The van der Waals surface area contributed by atoms with Gasteiger partial charge in [0.2, 0.25) is 0 Å². The van der Waals surface area contributed by atoms with Crippen LogP contribution in [-0.2, 0) is 17.9 Å². The fourth-order valence-corrected chi connectivity index (χ4v) is 2.77. The average Bonchev–Trinajstić information content (AvgIpc) is 2.88. The van der Waals surface area contributed by atoms with E-state index in [1.165, 1.54) is 0 Å². The number of aliphatic carboxylic acids is 1. The van der Waals surface area contributed by atoms with Gasteiger partial charge in [0.1, 0.15) is 0 Å². The van der Waals surface area contributed by atoms with E-state index in [0.717, 1.165) is 43.5 Å². The molecule has 0 saturated heterocycles. The molecular weight excluding hydrogens is 242 g/mol. The topological polar surface area (TPSA) is 69.6 Å². The highest BCUT2D eigenvalue weighted by molar-refractivity contribution is 5.70. The summed E-state index contributed by atoms with van der Waals surface area (Å²) in [4.78, 5) is 11.1. The van der Waals surface area contributed by atoms with Crippen LogP contribution >= 0.6 is 0 Å². The zero-order chi connectivity index (χ0) is 13.7. The van der Waals surface area contributed by atoms with Gasteiger partial charge in [-0.25, -0.2) is 0 Å². The van der Waals surface area contributed by atoms with Crippen molar-refractivity contribution in [3.05, 3.63) is 35.4 Å². The lowest BCUT2D eigenvalue weighted by Crippen LogP contribution is -2.28. The molecule has 3 N–H and O–H groups in total. The van der Waals surface area contributed by atoms with Crippen LogP contribution in [0.25, 0.3) is 0 Å². The van der Waals surface area contributed by atoms with Crippen molar-refractivity contribution in [3.8, 4) is 0 Å². The van der Waals surface area contributed by atoms with Gasteiger partial charge in [0.05, 0.1) is 12.5 Å². The maximum Gasteiger partial charge on any atom is 0.306 e. The molecule has 2 atom stereocenters. The van der Waals surface area contributed by atoms with Crippen molar-refractivity contribution in [3.63, 3.8) is 0 Å². The van der Waals surface area contributed by atoms with Crippen molar-refractivity contribution in [2.75, 3.05) is 6.54 Å². The lowest BCUT2D eigenvalue weighted by atomic mass is 9.96. The summed E-state index contributed by atoms with van der Waals surface area (Å²) in [6.45, 7) is 1.57. The Morgan fingerprint density at radius 2 is 1.89 bits per heavy atom. The number of carboxylic acids is 1. The molecule has 2 unspecified atom stereocenters. The normalized spacial score (nSPS) is 22.6. The SMILES string of the molecule is O=C(O)C1CCCC1CNCc1ccc(CO)cc1. The van der Waals surface area contributed by atoms with E-state index in [0.29, 0.717) is 0 Å². The first-order valence-corrected chi connectivity index (χ1v) is 6.83. The molecule has 0 bridgehead atoms. The zero-order valence-corrected chi connectivity index (χ0v) is 11.0. The summed E-state index contributed by atoms with van der Waals surface area (Å²) in [5.74, 6) is -0.574. The second kappa shape index (κ2) is 6.68. The summed E-state index contributed by atoms with van der Waals surface area (Å²) < 4.78 is 0. The Morgan fingerprint density at radius 3 is 2.53 bits per heavy atom. The Balaban J connectivity index is 1.78. The van der Waals surface area contributed by atoms with E-state index in [2.05, 4.69) is 5.32 Å². The zero-order valence-electron chi connectivity index (χ0n) is 11.0. The van der Waals surface area contributed by atoms with Gasteiger partial charge in [0, 0.05) is 6.54 Å². The highest BCUT2D eigenvalue weighted by Gasteiger charge is 2.32. The Hall–Kier alpha value is -1.39. The van der Waals surface area contributed by atoms with E-state index in [9.17, 15) is 4.79 Å². The molecule has 0 radical (unpaired) electrons. The van der Waals surface area contributed by atoms with Gasteiger partial charge in [-0.2, -0.15) is 0 Å². The lowest BCUT2D eigenvalue weighted by molar-refractivity contribution is -0.142. The number of nitrogens with one attached hydrogen (secondary N) is 1. The quantitative estimate of drug-likeness (QED) is 0.731. The minimum absolute atomic E-state index is 0.0655. The van der Waals surface area contributed by atoms with E-state index in [4.69, 9.17) is 10.2 Å². The Labute approximate surface area is 113 Å². The van der Waals surface area contributed by atoms with Crippen molar-refractivity contribution in [2.24, 2.45) is 11.8 Å². The van der Waals surface area contributed by atoms with Crippen LogP contribution in [0.3, 0.4) is 0 Å². The van der Waals surface area contributed by atoms with Crippen LogP contribution < -0.4 is 5.32 Å². The summed E-state index contributed by atoms with van der Waals surface area (Å²) in [5.41, 5.74) is 2.06. The van der Waals surface area contributed by atoms with Gasteiger partial charge in [0.15, 0.2) is 0 Å². The molecule has 0 amide bonds. The molecule has 1 fully saturated rings. The number of rotatable bonds is 6. The van der Waals surface area contributed by atoms with E-state index < -0.39 is 5.97 Å². The molecule has 0 heterocycles. The molecule has 0 spiro atoms.